The van der Waals surface area contributed by atoms with Crippen molar-refractivity contribution in [3.63, 3.8) is 0 Å². The molecule has 0 N–H and O–H groups in total. The Balaban J connectivity index is 1.20. The van der Waals surface area contributed by atoms with E-state index in [4.69, 9.17) is 20.8 Å². The molecule has 0 bridgehead atoms. The highest BCUT2D eigenvalue weighted by Crippen LogP contribution is 2.24. The molecule has 0 atom stereocenters. The third-order valence-corrected chi connectivity index (χ3v) is 5.69. The zero-order chi connectivity index (χ0) is 18.5. The van der Waals surface area contributed by atoms with Crippen molar-refractivity contribution >= 4 is 22.9 Å². The molecule has 0 aliphatic carbocycles. The van der Waals surface area contributed by atoms with Crippen LogP contribution in [0.25, 0.3) is 10.8 Å². The average Bonchev–Trinajstić information content (AvgIpc) is 3.36. The van der Waals surface area contributed by atoms with E-state index in [0.29, 0.717) is 30.0 Å². The smallest absolute Gasteiger partial charge is 0.257 e. The SMILES string of the molecule is Clc1ccccc1OCCN1CCN(Cc2nnc(-c3cccs3)o2)CC1. The van der Waals surface area contributed by atoms with Crippen LogP contribution in [0, 0.1) is 0 Å². The number of halogens is 1. The van der Waals surface area contributed by atoms with Crippen LogP contribution in [0.3, 0.4) is 0 Å². The lowest BCUT2D eigenvalue weighted by molar-refractivity contribution is 0.106. The van der Waals surface area contributed by atoms with Crippen LogP contribution in [0.2, 0.25) is 5.02 Å². The normalized spacial score (nSPS) is 15.9. The summed E-state index contributed by atoms with van der Waals surface area (Å²) in [5.74, 6) is 2.03. The third kappa shape index (κ3) is 4.87. The Morgan fingerprint density at radius 2 is 1.85 bits per heavy atom. The first-order valence-electron chi connectivity index (χ1n) is 8.96. The number of rotatable bonds is 7. The van der Waals surface area contributed by atoms with Crippen molar-refractivity contribution in [1.82, 2.24) is 20.0 Å². The van der Waals surface area contributed by atoms with Gasteiger partial charge < -0.3 is 9.15 Å². The Kier molecular flexibility index (Phi) is 6.03. The fourth-order valence-corrected chi connectivity index (χ4v) is 3.86. The molecule has 1 saturated heterocycles. The van der Waals surface area contributed by atoms with Gasteiger partial charge in [-0.15, -0.1) is 21.5 Å². The van der Waals surface area contributed by atoms with Crippen LogP contribution in [0.15, 0.2) is 46.2 Å². The van der Waals surface area contributed by atoms with Gasteiger partial charge >= 0.3 is 0 Å². The second-order valence-corrected chi connectivity index (χ2v) is 7.73. The minimum Gasteiger partial charge on any atom is -0.491 e. The highest BCUT2D eigenvalue weighted by atomic mass is 35.5. The van der Waals surface area contributed by atoms with Crippen molar-refractivity contribution in [1.29, 1.82) is 0 Å². The van der Waals surface area contributed by atoms with Crippen molar-refractivity contribution in [3.8, 4) is 16.5 Å². The largest absolute Gasteiger partial charge is 0.491 e. The second-order valence-electron chi connectivity index (χ2n) is 6.37. The highest BCUT2D eigenvalue weighted by Gasteiger charge is 2.19. The Morgan fingerprint density at radius 3 is 2.63 bits per heavy atom. The van der Waals surface area contributed by atoms with Gasteiger partial charge in [0.25, 0.3) is 5.89 Å². The number of ether oxygens (including phenoxy) is 1. The first kappa shape index (κ1) is 18.4. The molecule has 4 rings (SSSR count). The van der Waals surface area contributed by atoms with E-state index in [0.717, 1.165) is 43.4 Å². The van der Waals surface area contributed by atoms with E-state index in [2.05, 4.69) is 20.0 Å². The van der Waals surface area contributed by atoms with Gasteiger partial charge in [-0.25, -0.2) is 0 Å². The van der Waals surface area contributed by atoms with Crippen LogP contribution < -0.4 is 4.74 Å². The second kappa shape index (κ2) is 8.84. The first-order chi connectivity index (χ1) is 13.3. The van der Waals surface area contributed by atoms with E-state index in [9.17, 15) is 0 Å². The lowest BCUT2D eigenvalue weighted by Gasteiger charge is -2.33. The summed E-state index contributed by atoms with van der Waals surface area (Å²) < 4.78 is 11.6. The lowest BCUT2D eigenvalue weighted by Crippen LogP contribution is -2.47. The Labute approximate surface area is 167 Å². The maximum Gasteiger partial charge on any atom is 0.257 e. The van der Waals surface area contributed by atoms with E-state index < -0.39 is 0 Å². The molecule has 27 heavy (non-hydrogen) atoms. The molecule has 142 valence electrons. The molecule has 2 aromatic heterocycles. The zero-order valence-electron chi connectivity index (χ0n) is 14.9. The molecule has 1 aliphatic heterocycles. The molecule has 0 radical (unpaired) electrons. The van der Waals surface area contributed by atoms with Gasteiger partial charge in [-0.2, -0.15) is 0 Å². The van der Waals surface area contributed by atoms with Crippen molar-refractivity contribution in [3.05, 3.63) is 52.7 Å². The molecule has 3 aromatic rings. The summed E-state index contributed by atoms with van der Waals surface area (Å²) in [4.78, 5) is 5.76. The number of para-hydroxylation sites is 1. The lowest BCUT2D eigenvalue weighted by atomic mass is 10.3. The summed E-state index contributed by atoms with van der Waals surface area (Å²) in [6.07, 6.45) is 0. The fraction of sp³-hybridized carbons (Fsp3) is 0.368. The molecule has 1 aromatic carbocycles. The maximum absolute atomic E-state index is 6.11. The van der Waals surface area contributed by atoms with Gasteiger partial charge in [0.15, 0.2) is 0 Å². The monoisotopic (exact) mass is 404 g/mol. The van der Waals surface area contributed by atoms with E-state index in [-0.39, 0.29) is 0 Å². The first-order valence-corrected chi connectivity index (χ1v) is 10.2. The van der Waals surface area contributed by atoms with E-state index >= 15 is 0 Å². The molecular formula is C19H21ClN4O2S. The zero-order valence-corrected chi connectivity index (χ0v) is 16.5. The van der Waals surface area contributed by atoms with Crippen molar-refractivity contribution in [2.45, 2.75) is 6.54 Å². The number of hydrogen-bond donors (Lipinski definition) is 0. The number of thiophene rings is 1. The van der Waals surface area contributed by atoms with Gasteiger partial charge in [-0.05, 0) is 23.6 Å². The summed E-state index contributed by atoms with van der Waals surface area (Å²) >= 11 is 7.72. The van der Waals surface area contributed by atoms with Crippen LogP contribution in [0.5, 0.6) is 5.75 Å². The summed E-state index contributed by atoms with van der Waals surface area (Å²) in [6, 6.07) is 11.6. The third-order valence-electron chi connectivity index (χ3n) is 4.52. The van der Waals surface area contributed by atoms with Crippen molar-refractivity contribution in [2.75, 3.05) is 39.3 Å². The summed E-state index contributed by atoms with van der Waals surface area (Å²) in [7, 11) is 0. The van der Waals surface area contributed by atoms with Crippen LogP contribution >= 0.6 is 22.9 Å². The Bertz CT molecular complexity index is 847. The van der Waals surface area contributed by atoms with Crippen molar-refractivity contribution < 1.29 is 9.15 Å². The fourth-order valence-electron chi connectivity index (χ4n) is 3.03. The van der Waals surface area contributed by atoms with Gasteiger partial charge in [0.05, 0.1) is 16.4 Å². The predicted octanol–water partition coefficient (Wildman–Crippen LogP) is 3.65. The topological polar surface area (TPSA) is 54.6 Å². The number of piperazine rings is 1. The molecule has 0 spiro atoms. The molecular weight excluding hydrogens is 384 g/mol. The number of nitrogens with zero attached hydrogens (tertiary/aromatic N) is 4. The molecule has 0 amide bonds. The molecule has 8 heteroatoms. The van der Waals surface area contributed by atoms with Gasteiger partial charge in [0.2, 0.25) is 5.89 Å². The summed E-state index contributed by atoms with van der Waals surface area (Å²) in [5, 5.41) is 11.0. The Morgan fingerprint density at radius 1 is 1.04 bits per heavy atom. The highest BCUT2D eigenvalue weighted by molar-refractivity contribution is 7.13. The van der Waals surface area contributed by atoms with E-state index in [1.54, 1.807) is 11.3 Å². The number of hydrogen-bond acceptors (Lipinski definition) is 7. The number of aromatic nitrogens is 2. The summed E-state index contributed by atoms with van der Waals surface area (Å²) in [5.41, 5.74) is 0. The van der Waals surface area contributed by atoms with Gasteiger partial charge in [-0.3, -0.25) is 9.80 Å². The van der Waals surface area contributed by atoms with Crippen LogP contribution in [-0.2, 0) is 6.54 Å². The molecule has 0 unspecified atom stereocenters. The van der Waals surface area contributed by atoms with Crippen LogP contribution in [0.1, 0.15) is 5.89 Å². The van der Waals surface area contributed by atoms with E-state index in [1.807, 2.05) is 41.8 Å². The number of benzene rings is 1. The minimum absolute atomic E-state index is 0.607. The maximum atomic E-state index is 6.11. The molecule has 3 heterocycles. The van der Waals surface area contributed by atoms with Gasteiger partial charge in [0.1, 0.15) is 12.4 Å². The van der Waals surface area contributed by atoms with Crippen LogP contribution in [-0.4, -0.2) is 59.3 Å². The van der Waals surface area contributed by atoms with Crippen molar-refractivity contribution in [2.24, 2.45) is 0 Å². The summed E-state index contributed by atoms with van der Waals surface area (Å²) in [6.45, 7) is 6.17. The molecule has 6 nitrogen and oxygen atoms in total. The molecule has 0 saturated carbocycles. The van der Waals surface area contributed by atoms with Crippen LogP contribution in [0.4, 0.5) is 0 Å². The van der Waals surface area contributed by atoms with Gasteiger partial charge in [-0.1, -0.05) is 29.8 Å². The van der Waals surface area contributed by atoms with Gasteiger partial charge in [0, 0.05) is 32.7 Å². The quantitative estimate of drug-likeness (QED) is 0.599. The van der Waals surface area contributed by atoms with E-state index in [1.165, 1.54) is 0 Å². The molecule has 1 fully saturated rings. The minimum atomic E-state index is 0.607. The Hall–Kier alpha value is -1.93. The average molecular weight is 405 g/mol. The predicted molar refractivity (Wildman–Crippen MR) is 106 cm³/mol. The molecule has 1 aliphatic rings. The standard InChI is InChI=1S/C19H21ClN4O2S/c20-15-4-1-2-5-16(15)25-12-11-23-7-9-24(10-8-23)14-18-21-22-19(26-18)17-6-3-13-27-17/h1-6,13H,7-12,14H2.